The maximum atomic E-state index is 11.5. The molecule has 0 aliphatic rings. The van der Waals surface area contributed by atoms with Crippen LogP contribution in [0.5, 0.6) is 0 Å². The first-order valence-corrected chi connectivity index (χ1v) is 5.36. The van der Waals surface area contributed by atoms with Gasteiger partial charge in [-0.1, -0.05) is 6.07 Å². The third-order valence-electron chi connectivity index (χ3n) is 2.32. The molecule has 1 aromatic carbocycles. The number of nitro groups is 1. The number of nitrogens with zero attached hydrogens (tertiary/aromatic N) is 1. The van der Waals surface area contributed by atoms with Gasteiger partial charge in [0.05, 0.1) is 4.92 Å². The highest BCUT2D eigenvalue weighted by Gasteiger charge is 2.18. The quantitative estimate of drug-likeness (QED) is 0.563. The fourth-order valence-corrected chi connectivity index (χ4v) is 1.32. The van der Waals surface area contributed by atoms with Crippen molar-refractivity contribution in [2.24, 2.45) is 0 Å². The number of hydrogen-bond donors (Lipinski definition) is 3. The van der Waals surface area contributed by atoms with Gasteiger partial charge in [0.25, 0.3) is 5.69 Å². The Hall–Kier alpha value is -2.64. The van der Waals surface area contributed by atoms with Crippen molar-refractivity contribution in [3.05, 3.63) is 33.9 Å². The van der Waals surface area contributed by atoms with Crippen LogP contribution in [0.3, 0.4) is 0 Å². The van der Waals surface area contributed by atoms with E-state index in [0.717, 1.165) is 0 Å². The lowest BCUT2D eigenvalue weighted by Gasteiger charge is -2.11. The Morgan fingerprint density at radius 3 is 2.58 bits per heavy atom. The van der Waals surface area contributed by atoms with Crippen molar-refractivity contribution in [3.8, 4) is 0 Å². The lowest BCUT2D eigenvalue weighted by Crippen LogP contribution is -2.40. The number of nitro benzene ring substituents is 1. The van der Waals surface area contributed by atoms with Crippen LogP contribution in [0.25, 0.3) is 0 Å². The number of carboxylic acid groups (broad SMARTS) is 1. The third kappa shape index (κ3) is 3.95. The molecule has 1 unspecified atom stereocenters. The first-order chi connectivity index (χ1) is 8.81. The monoisotopic (exact) mass is 267 g/mol. The maximum absolute atomic E-state index is 11.5. The van der Waals surface area contributed by atoms with E-state index in [1.54, 1.807) is 13.0 Å². The van der Waals surface area contributed by atoms with Crippen LogP contribution in [0.4, 0.5) is 16.2 Å². The van der Waals surface area contributed by atoms with Gasteiger partial charge < -0.3 is 15.7 Å². The minimum Gasteiger partial charge on any atom is -0.480 e. The Morgan fingerprint density at radius 1 is 1.42 bits per heavy atom. The van der Waals surface area contributed by atoms with Crippen molar-refractivity contribution in [1.82, 2.24) is 5.32 Å². The standard InChI is InChI=1S/C11H13N3O5/c1-6-3-4-8(9(5-6)14(18)19)13-11(17)12-7(2)10(15)16/h3-5,7H,1-2H3,(H,15,16)(H2,12,13,17). The van der Waals surface area contributed by atoms with E-state index in [-0.39, 0.29) is 11.4 Å². The van der Waals surface area contributed by atoms with E-state index in [2.05, 4.69) is 10.6 Å². The molecule has 0 heterocycles. The van der Waals surface area contributed by atoms with E-state index < -0.39 is 23.0 Å². The fourth-order valence-electron chi connectivity index (χ4n) is 1.32. The van der Waals surface area contributed by atoms with E-state index in [1.165, 1.54) is 19.1 Å². The van der Waals surface area contributed by atoms with E-state index in [0.29, 0.717) is 5.56 Å². The molecule has 2 amide bonds. The SMILES string of the molecule is Cc1ccc(NC(=O)NC(C)C(=O)O)c([N+](=O)[O-])c1. The molecule has 0 aliphatic carbocycles. The molecular formula is C11H13N3O5. The van der Waals surface area contributed by atoms with Gasteiger partial charge in [0.15, 0.2) is 0 Å². The number of aryl methyl sites for hydroxylation is 1. The summed E-state index contributed by atoms with van der Waals surface area (Å²) in [4.78, 5) is 32.2. The largest absolute Gasteiger partial charge is 0.480 e. The number of benzene rings is 1. The molecule has 0 fully saturated rings. The molecule has 1 atom stereocenters. The molecule has 0 spiro atoms. The number of nitrogens with one attached hydrogen (secondary N) is 2. The minimum absolute atomic E-state index is 0.00527. The van der Waals surface area contributed by atoms with Gasteiger partial charge in [0.2, 0.25) is 0 Å². The summed E-state index contributed by atoms with van der Waals surface area (Å²) in [6.07, 6.45) is 0. The van der Waals surface area contributed by atoms with Gasteiger partial charge in [-0.3, -0.25) is 14.9 Å². The van der Waals surface area contributed by atoms with Crippen molar-refractivity contribution in [3.63, 3.8) is 0 Å². The second-order valence-electron chi connectivity index (χ2n) is 3.94. The van der Waals surface area contributed by atoms with Gasteiger partial charge >= 0.3 is 12.0 Å². The molecule has 3 N–H and O–H groups in total. The fraction of sp³-hybridized carbons (Fsp3) is 0.273. The summed E-state index contributed by atoms with van der Waals surface area (Å²) >= 11 is 0. The van der Waals surface area contributed by atoms with Crippen molar-refractivity contribution in [1.29, 1.82) is 0 Å². The summed E-state index contributed by atoms with van der Waals surface area (Å²) in [5.41, 5.74) is 0.431. The molecule has 0 saturated heterocycles. The molecule has 1 aromatic rings. The molecule has 19 heavy (non-hydrogen) atoms. The first kappa shape index (κ1) is 14.4. The van der Waals surface area contributed by atoms with Gasteiger partial charge in [-0.25, -0.2) is 4.79 Å². The van der Waals surface area contributed by atoms with Crippen molar-refractivity contribution >= 4 is 23.4 Å². The summed E-state index contributed by atoms with van der Waals surface area (Å²) in [7, 11) is 0. The van der Waals surface area contributed by atoms with E-state index in [9.17, 15) is 19.7 Å². The van der Waals surface area contributed by atoms with Crippen LogP contribution in [0.15, 0.2) is 18.2 Å². The van der Waals surface area contributed by atoms with Crippen LogP contribution < -0.4 is 10.6 Å². The number of hydrogen-bond acceptors (Lipinski definition) is 4. The molecule has 0 saturated carbocycles. The second-order valence-corrected chi connectivity index (χ2v) is 3.94. The molecule has 0 aliphatic heterocycles. The average molecular weight is 267 g/mol. The number of urea groups is 1. The Morgan fingerprint density at radius 2 is 2.05 bits per heavy atom. The molecule has 102 valence electrons. The highest BCUT2D eigenvalue weighted by Crippen LogP contribution is 2.25. The lowest BCUT2D eigenvalue weighted by atomic mass is 10.2. The zero-order valence-electron chi connectivity index (χ0n) is 10.3. The summed E-state index contributed by atoms with van der Waals surface area (Å²) in [5, 5.41) is 23.8. The third-order valence-corrected chi connectivity index (χ3v) is 2.32. The molecule has 0 radical (unpaired) electrons. The summed E-state index contributed by atoms with van der Waals surface area (Å²) in [6.45, 7) is 2.97. The number of anilines is 1. The van der Waals surface area contributed by atoms with Crippen LogP contribution in [-0.2, 0) is 4.79 Å². The number of rotatable bonds is 4. The predicted molar refractivity (Wildman–Crippen MR) is 67.1 cm³/mol. The van der Waals surface area contributed by atoms with Crippen LogP contribution in [0.2, 0.25) is 0 Å². The van der Waals surface area contributed by atoms with Gasteiger partial charge in [0, 0.05) is 6.07 Å². The number of carboxylic acids is 1. The van der Waals surface area contributed by atoms with Crippen LogP contribution in [0.1, 0.15) is 12.5 Å². The normalized spacial score (nSPS) is 11.5. The Labute approximate surface area is 108 Å². The van der Waals surface area contributed by atoms with E-state index in [4.69, 9.17) is 5.11 Å². The van der Waals surface area contributed by atoms with Crippen molar-refractivity contribution in [2.45, 2.75) is 19.9 Å². The van der Waals surface area contributed by atoms with Gasteiger partial charge in [0.1, 0.15) is 11.7 Å². The molecule has 8 heteroatoms. The Kier molecular flexibility index (Phi) is 4.41. The zero-order chi connectivity index (χ0) is 14.6. The second kappa shape index (κ2) is 5.80. The first-order valence-electron chi connectivity index (χ1n) is 5.36. The average Bonchev–Trinajstić information content (AvgIpc) is 2.30. The van der Waals surface area contributed by atoms with Crippen molar-refractivity contribution in [2.75, 3.05) is 5.32 Å². The predicted octanol–water partition coefficient (Wildman–Crippen LogP) is 1.50. The van der Waals surface area contributed by atoms with Gasteiger partial charge in [-0.05, 0) is 25.5 Å². The van der Waals surface area contributed by atoms with Crippen LogP contribution in [-0.4, -0.2) is 28.1 Å². The number of aliphatic carboxylic acids is 1. The van der Waals surface area contributed by atoms with Gasteiger partial charge in [-0.15, -0.1) is 0 Å². The van der Waals surface area contributed by atoms with Gasteiger partial charge in [-0.2, -0.15) is 0 Å². The molecule has 8 nitrogen and oxygen atoms in total. The highest BCUT2D eigenvalue weighted by atomic mass is 16.6. The van der Waals surface area contributed by atoms with Crippen molar-refractivity contribution < 1.29 is 19.6 Å². The summed E-state index contributed by atoms with van der Waals surface area (Å²) in [5.74, 6) is -1.20. The molecule has 0 aromatic heterocycles. The van der Waals surface area contributed by atoms with Crippen LogP contribution >= 0.6 is 0 Å². The number of carbonyl (C=O) groups excluding carboxylic acids is 1. The summed E-state index contributed by atoms with van der Waals surface area (Å²) < 4.78 is 0. The van der Waals surface area contributed by atoms with E-state index in [1.807, 2.05) is 0 Å². The summed E-state index contributed by atoms with van der Waals surface area (Å²) in [6, 6.07) is 2.39. The minimum atomic E-state index is -1.20. The smallest absolute Gasteiger partial charge is 0.325 e. The number of carbonyl (C=O) groups is 2. The highest BCUT2D eigenvalue weighted by molar-refractivity contribution is 5.94. The topological polar surface area (TPSA) is 122 Å². The van der Waals surface area contributed by atoms with Crippen LogP contribution in [0, 0.1) is 17.0 Å². The number of amides is 2. The van der Waals surface area contributed by atoms with E-state index >= 15 is 0 Å². The Balaban J connectivity index is 2.85. The molecule has 1 rings (SSSR count). The molecular weight excluding hydrogens is 254 g/mol. The maximum Gasteiger partial charge on any atom is 0.325 e. The lowest BCUT2D eigenvalue weighted by molar-refractivity contribution is -0.384. The zero-order valence-corrected chi connectivity index (χ0v) is 10.3. The Bertz CT molecular complexity index is 529. The molecule has 0 bridgehead atoms.